The normalized spacial score (nSPS) is 26.1. The summed E-state index contributed by atoms with van der Waals surface area (Å²) in [6, 6.07) is 4.99. The molecule has 0 aliphatic carbocycles. The number of carbonyl (C=O) groups excluding carboxylic acids is 2. The van der Waals surface area contributed by atoms with Gasteiger partial charge in [-0.1, -0.05) is 6.07 Å². The highest BCUT2D eigenvalue weighted by molar-refractivity contribution is 7.12. The van der Waals surface area contributed by atoms with Gasteiger partial charge in [0.05, 0.1) is 11.4 Å². The molecule has 0 saturated carbocycles. The number of rotatable bonds is 4. The zero-order valence-corrected chi connectivity index (χ0v) is 14.2. The van der Waals surface area contributed by atoms with Crippen LogP contribution < -0.4 is 10.6 Å². The molecule has 2 saturated heterocycles. The monoisotopic (exact) mass is 343 g/mol. The number of nitrogens with zero attached hydrogens (tertiary/aromatic N) is 1. The molecule has 22 heavy (non-hydrogen) atoms. The molecule has 1 aromatic heterocycles. The van der Waals surface area contributed by atoms with Gasteiger partial charge in [0.2, 0.25) is 5.91 Å². The molecule has 0 radical (unpaired) electrons. The zero-order valence-electron chi connectivity index (χ0n) is 12.6. The maximum atomic E-state index is 12.1. The van der Waals surface area contributed by atoms with Gasteiger partial charge in [-0.05, 0) is 37.1 Å². The van der Waals surface area contributed by atoms with Crippen LogP contribution >= 0.6 is 23.7 Å². The molecule has 2 unspecified atom stereocenters. The second-order valence-corrected chi connectivity index (χ2v) is 6.96. The van der Waals surface area contributed by atoms with Crippen molar-refractivity contribution in [3.05, 3.63) is 22.4 Å². The molecule has 7 heteroatoms. The largest absolute Gasteiger partial charge is 0.352 e. The molecule has 2 N–H and O–H groups in total. The van der Waals surface area contributed by atoms with E-state index in [1.54, 1.807) is 13.1 Å². The molecule has 2 fully saturated rings. The average molecular weight is 344 g/mol. The van der Waals surface area contributed by atoms with Crippen molar-refractivity contribution < 1.29 is 9.59 Å². The third-order valence-corrected chi connectivity index (χ3v) is 5.16. The van der Waals surface area contributed by atoms with Crippen molar-refractivity contribution in [2.24, 2.45) is 0 Å². The Labute approximate surface area is 140 Å². The predicted molar refractivity (Wildman–Crippen MR) is 89.6 cm³/mol. The highest BCUT2D eigenvalue weighted by atomic mass is 35.5. The Balaban J connectivity index is 0.00000176. The fraction of sp³-hybridized carbons (Fsp3) is 0.600. The molecule has 5 nitrogen and oxygen atoms in total. The van der Waals surface area contributed by atoms with Crippen LogP contribution in [0.25, 0.3) is 0 Å². The number of hydrogen-bond donors (Lipinski definition) is 2. The van der Waals surface area contributed by atoms with Gasteiger partial charge < -0.3 is 15.5 Å². The van der Waals surface area contributed by atoms with Gasteiger partial charge in [0.1, 0.15) is 0 Å². The van der Waals surface area contributed by atoms with Gasteiger partial charge in [0.25, 0.3) is 5.91 Å². The standard InChI is InChI=1S/C15H21N3O2S.ClH/c1-18(15(20)13-3-2-6-21-13)9-14(19)17-12-7-10-4-5-11(8-12)16-10;/h2-3,6,10-12,16H,4-5,7-9H2,1H3,(H,17,19);1H. The molecule has 0 spiro atoms. The van der Waals surface area contributed by atoms with E-state index >= 15 is 0 Å². The van der Waals surface area contributed by atoms with Crippen LogP contribution in [0, 0.1) is 0 Å². The summed E-state index contributed by atoms with van der Waals surface area (Å²) in [4.78, 5) is 26.4. The van der Waals surface area contributed by atoms with E-state index in [1.165, 1.54) is 29.1 Å². The summed E-state index contributed by atoms with van der Waals surface area (Å²) < 4.78 is 0. The second-order valence-electron chi connectivity index (χ2n) is 6.01. The molecule has 122 valence electrons. The van der Waals surface area contributed by atoms with Gasteiger partial charge in [0.15, 0.2) is 0 Å². The van der Waals surface area contributed by atoms with Crippen LogP contribution in [0.1, 0.15) is 35.4 Å². The molecule has 2 atom stereocenters. The fourth-order valence-corrected chi connectivity index (χ4v) is 4.04. The lowest BCUT2D eigenvalue weighted by Gasteiger charge is -2.30. The number of thiophene rings is 1. The minimum absolute atomic E-state index is 0. The molecule has 3 rings (SSSR count). The van der Waals surface area contributed by atoms with Gasteiger partial charge in [-0.15, -0.1) is 23.7 Å². The maximum Gasteiger partial charge on any atom is 0.264 e. The first-order valence-corrected chi connectivity index (χ1v) is 8.34. The quantitative estimate of drug-likeness (QED) is 0.873. The number of hydrogen-bond acceptors (Lipinski definition) is 4. The van der Waals surface area contributed by atoms with Crippen LogP contribution in [0.4, 0.5) is 0 Å². The number of halogens is 1. The van der Waals surface area contributed by atoms with Crippen LogP contribution in [-0.2, 0) is 4.79 Å². The Kier molecular flexibility index (Phi) is 5.83. The van der Waals surface area contributed by atoms with Crippen molar-refractivity contribution in [3.8, 4) is 0 Å². The van der Waals surface area contributed by atoms with Crippen LogP contribution in [0.2, 0.25) is 0 Å². The van der Waals surface area contributed by atoms with E-state index in [9.17, 15) is 9.59 Å². The minimum Gasteiger partial charge on any atom is -0.352 e. The van der Waals surface area contributed by atoms with E-state index in [1.807, 2.05) is 11.4 Å². The molecule has 2 aliphatic heterocycles. The Morgan fingerprint density at radius 1 is 1.36 bits per heavy atom. The van der Waals surface area contributed by atoms with Crippen molar-refractivity contribution in [2.75, 3.05) is 13.6 Å². The topological polar surface area (TPSA) is 61.4 Å². The van der Waals surface area contributed by atoms with Crippen LogP contribution in [0.15, 0.2) is 17.5 Å². The van der Waals surface area contributed by atoms with Crippen LogP contribution in [-0.4, -0.2) is 48.4 Å². The van der Waals surface area contributed by atoms with Gasteiger partial charge in [0, 0.05) is 25.2 Å². The number of likely N-dealkylation sites (N-methyl/N-ethyl adjacent to an activating group) is 1. The SMILES string of the molecule is CN(CC(=O)NC1CC2CCC(C1)N2)C(=O)c1cccs1.Cl. The second kappa shape index (κ2) is 7.44. The molecule has 2 aliphatic rings. The van der Waals surface area contributed by atoms with Crippen LogP contribution in [0.5, 0.6) is 0 Å². The van der Waals surface area contributed by atoms with Crippen molar-refractivity contribution >= 4 is 35.6 Å². The predicted octanol–water partition coefficient (Wildman–Crippen LogP) is 1.64. The number of nitrogens with one attached hydrogen (secondary N) is 2. The summed E-state index contributed by atoms with van der Waals surface area (Å²) in [5.41, 5.74) is 0. The number of amides is 2. The first-order chi connectivity index (χ1) is 10.1. The summed E-state index contributed by atoms with van der Waals surface area (Å²) in [6.07, 6.45) is 4.44. The Morgan fingerprint density at radius 3 is 2.64 bits per heavy atom. The summed E-state index contributed by atoms with van der Waals surface area (Å²) in [7, 11) is 1.67. The number of piperidine rings is 1. The maximum absolute atomic E-state index is 12.1. The summed E-state index contributed by atoms with van der Waals surface area (Å²) in [5, 5.41) is 8.50. The molecular weight excluding hydrogens is 322 g/mol. The van der Waals surface area contributed by atoms with Crippen molar-refractivity contribution in [2.45, 2.75) is 43.8 Å². The molecule has 1 aromatic rings. The summed E-state index contributed by atoms with van der Waals surface area (Å²) >= 11 is 1.40. The van der Waals surface area contributed by atoms with Crippen LogP contribution in [0.3, 0.4) is 0 Å². The minimum atomic E-state index is -0.0921. The number of carbonyl (C=O) groups is 2. The van der Waals surface area contributed by atoms with Gasteiger partial charge >= 0.3 is 0 Å². The Hall–Kier alpha value is -1.11. The third kappa shape index (κ3) is 4.00. The Bertz CT molecular complexity index is 511. The van der Waals surface area contributed by atoms with Gasteiger partial charge in [-0.25, -0.2) is 0 Å². The highest BCUT2D eigenvalue weighted by Crippen LogP contribution is 2.26. The van der Waals surface area contributed by atoms with Crippen molar-refractivity contribution in [1.29, 1.82) is 0 Å². The lowest BCUT2D eigenvalue weighted by Crippen LogP contribution is -2.50. The molecule has 0 aromatic carbocycles. The zero-order chi connectivity index (χ0) is 14.8. The first-order valence-electron chi connectivity index (χ1n) is 7.46. The Morgan fingerprint density at radius 2 is 2.05 bits per heavy atom. The summed E-state index contributed by atoms with van der Waals surface area (Å²) in [5.74, 6) is -0.153. The van der Waals surface area contributed by atoms with E-state index < -0.39 is 0 Å². The van der Waals surface area contributed by atoms with Crippen molar-refractivity contribution in [3.63, 3.8) is 0 Å². The first kappa shape index (κ1) is 17.2. The third-order valence-electron chi connectivity index (χ3n) is 4.30. The van der Waals surface area contributed by atoms with Gasteiger partial charge in [-0.3, -0.25) is 9.59 Å². The van der Waals surface area contributed by atoms with Gasteiger partial charge in [-0.2, -0.15) is 0 Å². The van der Waals surface area contributed by atoms with Crippen molar-refractivity contribution in [1.82, 2.24) is 15.5 Å². The molecule has 2 amide bonds. The number of fused-ring (bicyclic) bond motifs is 2. The smallest absolute Gasteiger partial charge is 0.264 e. The van der Waals surface area contributed by atoms with E-state index in [-0.39, 0.29) is 36.8 Å². The fourth-order valence-electron chi connectivity index (χ4n) is 3.32. The summed E-state index contributed by atoms with van der Waals surface area (Å²) in [6.45, 7) is 0.121. The van der Waals surface area contributed by atoms with E-state index in [0.717, 1.165) is 12.8 Å². The lowest BCUT2D eigenvalue weighted by molar-refractivity contribution is -0.122. The highest BCUT2D eigenvalue weighted by Gasteiger charge is 2.34. The molecule has 2 bridgehead atoms. The average Bonchev–Trinajstić information content (AvgIpc) is 3.07. The molecular formula is C15H22ClN3O2S. The molecule has 3 heterocycles. The van der Waals surface area contributed by atoms with E-state index in [4.69, 9.17) is 0 Å². The van der Waals surface area contributed by atoms with E-state index in [2.05, 4.69) is 10.6 Å². The lowest BCUT2D eigenvalue weighted by atomic mass is 10.00. The van der Waals surface area contributed by atoms with E-state index in [0.29, 0.717) is 17.0 Å².